The lowest BCUT2D eigenvalue weighted by Crippen LogP contribution is -2.14. The van der Waals surface area contributed by atoms with Crippen LogP contribution in [0.2, 0.25) is 0 Å². The fourth-order valence-corrected chi connectivity index (χ4v) is 2.10. The first kappa shape index (κ1) is 13.1. The normalized spacial score (nSPS) is 10.8. The van der Waals surface area contributed by atoms with Crippen molar-refractivity contribution in [3.05, 3.63) is 47.6 Å². The second-order valence-corrected chi connectivity index (χ2v) is 4.77. The van der Waals surface area contributed by atoms with E-state index in [1.54, 1.807) is 38.1 Å². The average Bonchev–Trinajstić information content (AvgIpc) is 2.80. The molecule has 0 bridgehead atoms. The van der Waals surface area contributed by atoms with Gasteiger partial charge in [0.2, 0.25) is 0 Å². The fraction of sp³-hybridized carbons (Fsp3) is 0.133. The first-order valence-corrected chi connectivity index (χ1v) is 6.43. The number of benzene rings is 1. The van der Waals surface area contributed by atoms with Gasteiger partial charge in [-0.3, -0.25) is 9.78 Å². The largest absolute Gasteiger partial charge is 0.441 e. The molecule has 2 aromatic heterocycles. The molecule has 1 aromatic carbocycles. The molecule has 3 aromatic rings. The maximum Gasteiger partial charge on any atom is 0.257 e. The van der Waals surface area contributed by atoms with E-state index in [0.29, 0.717) is 39.6 Å². The van der Waals surface area contributed by atoms with E-state index in [0.717, 1.165) is 0 Å². The van der Waals surface area contributed by atoms with Crippen molar-refractivity contribution in [1.82, 2.24) is 9.97 Å². The van der Waals surface area contributed by atoms with Crippen molar-refractivity contribution in [2.45, 2.75) is 13.8 Å². The van der Waals surface area contributed by atoms with Crippen LogP contribution in [0.4, 0.5) is 11.4 Å². The summed E-state index contributed by atoms with van der Waals surface area (Å²) in [4.78, 5) is 20.6. The van der Waals surface area contributed by atoms with Gasteiger partial charge in [0.05, 0.1) is 23.1 Å². The number of aromatic nitrogens is 2. The molecule has 0 spiro atoms. The Morgan fingerprint density at radius 3 is 2.90 bits per heavy atom. The Balaban J connectivity index is 1.90. The molecule has 0 atom stereocenters. The summed E-state index contributed by atoms with van der Waals surface area (Å²) in [5.41, 5.74) is 9.23. The lowest BCUT2D eigenvalue weighted by Gasteiger charge is -2.07. The number of aryl methyl sites for hydroxylation is 2. The number of nitrogens with two attached hydrogens (primary N) is 1. The van der Waals surface area contributed by atoms with Crippen LogP contribution in [-0.2, 0) is 0 Å². The smallest absolute Gasteiger partial charge is 0.257 e. The highest BCUT2D eigenvalue weighted by Crippen LogP contribution is 2.20. The molecule has 3 rings (SSSR count). The van der Waals surface area contributed by atoms with Gasteiger partial charge >= 0.3 is 0 Å². The maximum absolute atomic E-state index is 12.3. The van der Waals surface area contributed by atoms with Crippen LogP contribution in [0.25, 0.3) is 11.1 Å². The maximum atomic E-state index is 12.3. The molecular weight excluding hydrogens is 268 g/mol. The van der Waals surface area contributed by atoms with Crippen molar-refractivity contribution < 1.29 is 9.21 Å². The number of hydrogen-bond acceptors (Lipinski definition) is 5. The summed E-state index contributed by atoms with van der Waals surface area (Å²) in [5.74, 6) is 0.330. The summed E-state index contributed by atoms with van der Waals surface area (Å²) in [7, 11) is 0. The second kappa shape index (κ2) is 4.90. The van der Waals surface area contributed by atoms with Crippen molar-refractivity contribution >= 4 is 28.4 Å². The molecule has 106 valence electrons. The van der Waals surface area contributed by atoms with Crippen molar-refractivity contribution in [1.29, 1.82) is 0 Å². The Hall–Kier alpha value is -2.89. The van der Waals surface area contributed by atoms with E-state index in [4.69, 9.17) is 10.2 Å². The van der Waals surface area contributed by atoms with Gasteiger partial charge in [-0.1, -0.05) is 0 Å². The number of carbonyl (C=O) groups excluding carboxylic acids is 1. The van der Waals surface area contributed by atoms with Gasteiger partial charge in [-0.05, 0) is 31.2 Å². The average molecular weight is 282 g/mol. The van der Waals surface area contributed by atoms with Gasteiger partial charge in [-0.2, -0.15) is 0 Å². The molecule has 0 aliphatic heterocycles. The zero-order valence-corrected chi connectivity index (χ0v) is 11.7. The van der Waals surface area contributed by atoms with E-state index in [9.17, 15) is 4.79 Å². The highest BCUT2D eigenvalue weighted by molar-refractivity contribution is 6.06. The van der Waals surface area contributed by atoms with Crippen LogP contribution in [0.1, 0.15) is 21.9 Å². The summed E-state index contributed by atoms with van der Waals surface area (Å²) >= 11 is 0. The molecule has 6 nitrogen and oxygen atoms in total. The predicted octanol–water partition coefficient (Wildman–Crippen LogP) is 2.67. The minimum Gasteiger partial charge on any atom is -0.441 e. The number of hydrogen-bond donors (Lipinski definition) is 2. The fourth-order valence-electron chi connectivity index (χ4n) is 2.10. The molecule has 2 heterocycles. The Labute approximate surface area is 121 Å². The van der Waals surface area contributed by atoms with Crippen LogP contribution in [-0.4, -0.2) is 15.9 Å². The molecule has 0 fully saturated rings. The Kier molecular flexibility index (Phi) is 3.06. The van der Waals surface area contributed by atoms with E-state index < -0.39 is 0 Å². The van der Waals surface area contributed by atoms with Gasteiger partial charge in [-0.15, -0.1) is 0 Å². The standard InChI is InChI=1S/C15H14N4O2/c1-8-12(5-10(16)7-17-8)15(20)19-11-3-4-14-13(6-11)18-9(2)21-14/h3-7H,16H2,1-2H3,(H,19,20). The Morgan fingerprint density at radius 1 is 1.29 bits per heavy atom. The van der Waals surface area contributed by atoms with Crippen LogP contribution < -0.4 is 11.1 Å². The summed E-state index contributed by atoms with van der Waals surface area (Å²) in [6.07, 6.45) is 1.52. The summed E-state index contributed by atoms with van der Waals surface area (Å²) in [5, 5.41) is 2.81. The van der Waals surface area contributed by atoms with Gasteiger partial charge in [0.25, 0.3) is 5.91 Å². The monoisotopic (exact) mass is 282 g/mol. The molecule has 0 saturated carbocycles. The van der Waals surface area contributed by atoms with E-state index in [-0.39, 0.29) is 5.91 Å². The molecule has 6 heteroatoms. The number of pyridine rings is 1. The van der Waals surface area contributed by atoms with E-state index in [2.05, 4.69) is 15.3 Å². The Morgan fingerprint density at radius 2 is 2.10 bits per heavy atom. The molecule has 3 N–H and O–H groups in total. The van der Waals surface area contributed by atoms with Crippen LogP contribution in [0.3, 0.4) is 0 Å². The zero-order valence-electron chi connectivity index (χ0n) is 11.7. The number of nitrogens with one attached hydrogen (secondary N) is 1. The minimum absolute atomic E-state index is 0.258. The van der Waals surface area contributed by atoms with Crippen molar-refractivity contribution in [3.8, 4) is 0 Å². The second-order valence-electron chi connectivity index (χ2n) is 4.77. The third-order valence-electron chi connectivity index (χ3n) is 3.11. The van der Waals surface area contributed by atoms with Gasteiger partial charge in [0, 0.05) is 12.6 Å². The van der Waals surface area contributed by atoms with Gasteiger partial charge in [0.15, 0.2) is 11.5 Å². The van der Waals surface area contributed by atoms with E-state index in [1.165, 1.54) is 6.20 Å². The van der Waals surface area contributed by atoms with Gasteiger partial charge < -0.3 is 15.5 Å². The Bertz CT molecular complexity index is 839. The first-order valence-electron chi connectivity index (χ1n) is 6.43. The molecule has 1 amide bonds. The number of anilines is 2. The lowest BCUT2D eigenvalue weighted by molar-refractivity contribution is 0.102. The number of nitrogens with zero attached hydrogens (tertiary/aromatic N) is 2. The number of carbonyl (C=O) groups is 1. The zero-order chi connectivity index (χ0) is 15.0. The molecule has 0 aliphatic rings. The third-order valence-corrected chi connectivity index (χ3v) is 3.11. The molecule has 21 heavy (non-hydrogen) atoms. The summed E-state index contributed by atoms with van der Waals surface area (Å²) in [6.45, 7) is 3.54. The lowest BCUT2D eigenvalue weighted by atomic mass is 10.1. The number of oxazole rings is 1. The van der Waals surface area contributed by atoms with Crippen LogP contribution in [0.15, 0.2) is 34.9 Å². The highest BCUT2D eigenvalue weighted by atomic mass is 16.3. The topological polar surface area (TPSA) is 94.0 Å². The number of nitrogen functional groups attached to an aromatic ring is 1. The third kappa shape index (κ3) is 2.55. The van der Waals surface area contributed by atoms with E-state index in [1.807, 2.05) is 0 Å². The first-order chi connectivity index (χ1) is 10.0. The molecule has 0 radical (unpaired) electrons. The highest BCUT2D eigenvalue weighted by Gasteiger charge is 2.12. The predicted molar refractivity (Wildman–Crippen MR) is 80.1 cm³/mol. The van der Waals surface area contributed by atoms with Crippen LogP contribution in [0, 0.1) is 13.8 Å². The number of fused-ring (bicyclic) bond motifs is 1. The van der Waals surface area contributed by atoms with Crippen molar-refractivity contribution in [2.24, 2.45) is 0 Å². The minimum atomic E-state index is -0.258. The molecular formula is C15H14N4O2. The van der Waals surface area contributed by atoms with Crippen LogP contribution >= 0.6 is 0 Å². The molecule has 0 saturated heterocycles. The van der Waals surface area contributed by atoms with Gasteiger partial charge in [-0.25, -0.2) is 4.98 Å². The number of amides is 1. The van der Waals surface area contributed by atoms with E-state index >= 15 is 0 Å². The number of rotatable bonds is 2. The summed E-state index contributed by atoms with van der Waals surface area (Å²) in [6, 6.07) is 6.91. The van der Waals surface area contributed by atoms with Crippen LogP contribution in [0.5, 0.6) is 0 Å². The van der Waals surface area contributed by atoms with Crippen molar-refractivity contribution in [2.75, 3.05) is 11.1 Å². The SMILES string of the molecule is Cc1nc2cc(NC(=O)c3cc(N)cnc3C)ccc2o1. The molecule has 0 unspecified atom stereocenters. The quantitative estimate of drug-likeness (QED) is 0.753. The molecule has 0 aliphatic carbocycles. The van der Waals surface area contributed by atoms with Crippen molar-refractivity contribution in [3.63, 3.8) is 0 Å². The summed E-state index contributed by atoms with van der Waals surface area (Å²) < 4.78 is 5.40. The van der Waals surface area contributed by atoms with Gasteiger partial charge in [0.1, 0.15) is 5.52 Å².